The van der Waals surface area contributed by atoms with Gasteiger partial charge in [-0.3, -0.25) is 9.59 Å². The molecule has 0 spiro atoms. The molecule has 0 bridgehead atoms. The largest absolute Gasteiger partial charge is 0.299 e. The molecule has 0 radical (unpaired) electrons. The van der Waals surface area contributed by atoms with E-state index in [2.05, 4.69) is 6.92 Å². The Morgan fingerprint density at radius 2 is 2.00 bits per heavy atom. The zero-order valence-electron chi connectivity index (χ0n) is 13.2. The standard InChI is InChI=1S/C18H24O2/c1-18-9-8-14-13-5-3-12(19)10-11(13)2-4-15(14)16(18)6-7-17(18)20/h10,13-16H,2-9H2,1H3/t13-,14+,15+,16-,18-/m0/s1/i2D/t2?,13-,14+,15+,16-,18-. The number of ketones is 2. The molecule has 0 aromatic rings. The highest BCUT2D eigenvalue weighted by Gasteiger charge is 2.55. The molecule has 2 heteroatoms. The fourth-order valence-corrected chi connectivity index (χ4v) is 5.70. The third-order valence-electron chi connectivity index (χ3n) is 6.80. The molecule has 4 aliphatic rings. The van der Waals surface area contributed by atoms with Crippen molar-refractivity contribution in [2.24, 2.45) is 29.1 Å². The van der Waals surface area contributed by atoms with Crippen molar-refractivity contribution < 1.29 is 11.0 Å². The van der Waals surface area contributed by atoms with Crippen molar-refractivity contribution >= 4 is 11.6 Å². The van der Waals surface area contributed by atoms with Gasteiger partial charge in [-0.15, -0.1) is 0 Å². The lowest BCUT2D eigenvalue weighted by molar-refractivity contribution is -0.131. The average molecular weight is 273 g/mol. The van der Waals surface area contributed by atoms with Crippen molar-refractivity contribution in [1.82, 2.24) is 0 Å². The maximum absolute atomic E-state index is 12.3. The summed E-state index contributed by atoms with van der Waals surface area (Å²) in [4.78, 5) is 24.0. The first-order chi connectivity index (χ1) is 10.0. The van der Waals surface area contributed by atoms with Gasteiger partial charge in [0.15, 0.2) is 5.78 Å². The highest BCUT2D eigenvalue weighted by Crippen LogP contribution is 2.60. The molecule has 4 rings (SSSR count). The first-order valence-electron chi connectivity index (χ1n) is 8.78. The lowest BCUT2D eigenvalue weighted by Gasteiger charge is -2.52. The minimum atomic E-state index is -0.210. The summed E-state index contributed by atoms with van der Waals surface area (Å²) in [6.45, 7) is 2.18. The van der Waals surface area contributed by atoms with E-state index in [1.807, 2.05) is 0 Å². The molecule has 0 heterocycles. The van der Waals surface area contributed by atoms with Gasteiger partial charge in [0.05, 0.1) is 0 Å². The van der Waals surface area contributed by atoms with Crippen LogP contribution in [0, 0.1) is 29.1 Å². The highest BCUT2D eigenvalue weighted by molar-refractivity contribution is 5.91. The van der Waals surface area contributed by atoms with Gasteiger partial charge in [-0.2, -0.15) is 0 Å². The van der Waals surface area contributed by atoms with E-state index in [0.717, 1.165) is 44.1 Å². The summed E-state index contributed by atoms with van der Waals surface area (Å²) in [6.07, 6.45) is 7.98. The monoisotopic (exact) mass is 273 g/mol. The fourth-order valence-electron chi connectivity index (χ4n) is 5.70. The molecule has 20 heavy (non-hydrogen) atoms. The van der Waals surface area contributed by atoms with Crippen molar-refractivity contribution in [3.63, 3.8) is 0 Å². The topological polar surface area (TPSA) is 34.1 Å². The minimum Gasteiger partial charge on any atom is -0.299 e. The van der Waals surface area contributed by atoms with Crippen LogP contribution in [0.3, 0.4) is 0 Å². The van der Waals surface area contributed by atoms with Crippen LogP contribution in [-0.2, 0) is 9.59 Å². The Hall–Kier alpha value is -0.920. The molecule has 0 saturated heterocycles. The first-order valence-corrected chi connectivity index (χ1v) is 8.20. The Kier molecular flexibility index (Phi) is 2.51. The molecule has 0 aliphatic heterocycles. The van der Waals surface area contributed by atoms with E-state index in [4.69, 9.17) is 1.37 Å². The van der Waals surface area contributed by atoms with Crippen LogP contribution in [0.2, 0.25) is 0 Å². The third-order valence-corrected chi connectivity index (χ3v) is 6.80. The predicted molar refractivity (Wildman–Crippen MR) is 77.1 cm³/mol. The second kappa shape index (κ2) is 4.29. The van der Waals surface area contributed by atoms with Crippen molar-refractivity contribution in [2.45, 2.75) is 58.3 Å². The molecule has 108 valence electrons. The van der Waals surface area contributed by atoms with E-state index in [1.165, 1.54) is 0 Å². The Bertz CT molecular complexity index is 537. The summed E-state index contributed by atoms with van der Waals surface area (Å²) in [5.74, 6) is 2.78. The summed E-state index contributed by atoms with van der Waals surface area (Å²) in [7, 11) is 0. The summed E-state index contributed by atoms with van der Waals surface area (Å²) < 4.78 is 8.47. The molecule has 3 fully saturated rings. The fraction of sp³-hybridized carbons (Fsp3) is 0.778. The number of rotatable bonds is 0. The lowest BCUT2D eigenvalue weighted by atomic mass is 9.52. The summed E-state index contributed by atoms with van der Waals surface area (Å²) in [6, 6.07) is 0. The van der Waals surface area contributed by atoms with Crippen molar-refractivity contribution in [3.05, 3.63) is 11.6 Å². The zero-order valence-corrected chi connectivity index (χ0v) is 12.2. The van der Waals surface area contributed by atoms with Gasteiger partial charge in [-0.25, -0.2) is 0 Å². The van der Waals surface area contributed by atoms with Gasteiger partial charge in [0.2, 0.25) is 0 Å². The molecular formula is C18H24O2. The van der Waals surface area contributed by atoms with E-state index in [9.17, 15) is 9.59 Å². The van der Waals surface area contributed by atoms with Crippen LogP contribution >= 0.6 is 0 Å². The Morgan fingerprint density at radius 1 is 1.15 bits per heavy atom. The summed E-state index contributed by atoms with van der Waals surface area (Å²) in [5.41, 5.74) is 1.01. The van der Waals surface area contributed by atoms with Crippen molar-refractivity contribution in [1.29, 1.82) is 0 Å². The number of hydrogen-bond acceptors (Lipinski definition) is 2. The number of carbonyl (C=O) groups is 2. The van der Waals surface area contributed by atoms with Gasteiger partial charge in [0.25, 0.3) is 0 Å². The van der Waals surface area contributed by atoms with E-state index >= 15 is 0 Å². The number of fused-ring (bicyclic) bond motifs is 5. The SMILES string of the molecule is [2H]C1C[C@@H]2[C@H](CC[C@]3(C)C(=O)CC[C@@H]23)[C@H]2CCC(=O)C=C12. The summed E-state index contributed by atoms with van der Waals surface area (Å²) in [5, 5.41) is 0. The molecule has 0 aromatic heterocycles. The predicted octanol–water partition coefficient (Wildman–Crippen LogP) is 3.70. The van der Waals surface area contributed by atoms with Crippen molar-refractivity contribution in [2.75, 3.05) is 0 Å². The lowest BCUT2D eigenvalue weighted by Crippen LogP contribution is -2.46. The zero-order chi connectivity index (χ0) is 14.8. The first kappa shape index (κ1) is 11.7. The molecule has 2 nitrogen and oxygen atoms in total. The highest BCUT2D eigenvalue weighted by atomic mass is 16.1. The normalized spacial score (nSPS) is 51.8. The Morgan fingerprint density at radius 3 is 2.85 bits per heavy atom. The molecule has 0 N–H and O–H groups in total. The molecule has 4 aliphatic carbocycles. The van der Waals surface area contributed by atoms with Crippen LogP contribution in [0.15, 0.2) is 11.6 Å². The molecular weight excluding hydrogens is 248 g/mol. The minimum absolute atomic E-state index is 0.105. The Balaban J connectivity index is 1.68. The van der Waals surface area contributed by atoms with Crippen LogP contribution in [-0.4, -0.2) is 11.6 Å². The second-order valence-electron chi connectivity index (χ2n) is 7.55. The summed E-state index contributed by atoms with van der Waals surface area (Å²) >= 11 is 0. The Labute approximate surface area is 122 Å². The van der Waals surface area contributed by atoms with Gasteiger partial charge in [-0.1, -0.05) is 12.5 Å². The van der Waals surface area contributed by atoms with Crippen LogP contribution in [0.1, 0.15) is 59.6 Å². The second-order valence-corrected chi connectivity index (χ2v) is 7.55. The number of hydrogen-bond donors (Lipinski definition) is 0. The average Bonchev–Trinajstić information content (AvgIpc) is 2.76. The van der Waals surface area contributed by atoms with Gasteiger partial charge in [0.1, 0.15) is 5.78 Å². The van der Waals surface area contributed by atoms with Crippen LogP contribution in [0.25, 0.3) is 0 Å². The number of Topliss-reactive ketones (excluding diaryl/α,β-unsaturated/α-hetero) is 1. The quantitative estimate of drug-likeness (QED) is 0.674. The van der Waals surface area contributed by atoms with Crippen LogP contribution in [0.5, 0.6) is 0 Å². The van der Waals surface area contributed by atoms with Gasteiger partial charge in [0, 0.05) is 19.6 Å². The van der Waals surface area contributed by atoms with Crippen LogP contribution in [0.4, 0.5) is 0 Å². The maximum Gasteiger partial charge on any atom is 0.155 e. The van der Waals surface area contributed by atoms with Crippen LogP contribution < -0.4 is 0 Å². The van der Waals surface area contributed by atoms with E-state index in [1.54, 1.807) is 6.08 Å². The maximum atomic E-state index is 12.3. The van der Waals surface area contributed by atoms with Gasteiger partial charge < -0.3 is 0 Å². The van der Waals surface area contributed by atoms with E-state index in [0.29, 0.717) is 35.9 Å². The molecule has 0 aromatic carbocycles. The number of carbonyl (C=O) groups excluding carboxylic acids is 2. The van der Waals surface area contributed by atoms with E-state index < -0.39 is 0 Å². The van der Waals surface area contributed by atoms with Gasteiger partial charge >= 0.3 is 0 Å². The van der Waals surface area contributed by atoms with Crippen molar-refractivity contribution in [3.8, 4) is 0 Å². The smallest absolute Gasteiger partial charge is 0.155 e. The molecule has 3 saturated carbocycles. The number of allylic oxidation sites excluding steroid dienone is 1. The third kappa shape index (κ3) is 1.63. The van der Waals surface area contributed by atoms with E-state index in [-0.39, 0.29) is 17.6 Å². The molecule has 1 unspecified atom stereocenters. The van der Waals surface area contributed by atoms with Gasteiger partial charge in [-0.05, 0) is 68.2 Å². The molecule has 0 amide bonds. The molecule has 6 atom stereocenters.